The minimum absolute atomic E-state index is 0.209. The lowest BCUT2D eigenvalue weighted by atomic mass is 10.2. The standard InChI is InChI=1S/C19H17Cl2N3O3S/c1-23(2)5-6-24(18(25)12-7-11(20)3-4-13(12)21)19-22-14-8-15-16(27-10-26-15)9-17(14)28-19/h3-4,7-9H,5-6,10H2,1-2H3. The summed E-state index contributed by atoms with van der Waals surface area (Å²) < 4.78 is 11.8. The number of carbonyl (C=O) groups excluding carboxylic acids is 1. The Bertz CT molecular complexity index is 1010. The van der Waals surface area contributed by atoms with Gasteiger partial charge >= 0.3 is 0 Å². The van der Waals surface area contributed by atoms with Crippen LogP contribution in [0, 0.1) is 0 Å². The molecule has 9 heteroatoms. The summed E-state index contributed by atoms with van der Waals surface area (Å²) in [5.74, 6) is 1.11. The maximum absolute atomic E-state index is 13.3. The van der Waals surface area contributed by atoms with E-state index in [1.54, 1.807) is 23.1 Å². The summed E-state index contributed by atoms with van der Waals surface area (Å²) in [6.07, 6.45) is 0. The summed E-state index contributed by atoms with van der Waals surface area (Å²) in [4.78, 5) is 21.6. The van der Waals surface area contributed by atoms with Gasteiger partial charge in [-0.15, -0.1) is 0 Å². The molecule has 0 aliphatic carbocycles. The molecule has 0 radical (unpaired) electrons. The smallest absolute Gasteiger partial charge is 0.261 e. The highest BCUT2D eigenvalue weighted by molar-refractivity contribution is 7.22. The summed E-state index contributed by atoms with van der Waals surface area (Å²) >= 11 is 13.8. The van der Waals surface area contributed by atoms with E-state index in [0.717, 1.165) is 10.2 Å². The number of anilines is 1. The molecule has 28 heavy (non-hydrogen) atoms. The van der Waals surface area contributed by atoms with Crippen LogP contribution in [0.2, 0.25) is 10.0 Å². The van der Waals surface area contributed by atoms with Gasteiger partial charge < -0.3 is 14.4 Å². The van der Waals surface area contributed by atoms with E-state index < -0.39 is 0 Å². The summed E-state index contributed by atoms with van der Waals surface area (Å²) in [6, 6.07) is 8.58. The molecule has 6 nitrogen and oxygen atoms in total. The number of nitrogens with zero attached hydrogens (tertiary/aromatic N) is 3. The zero-order valence-electron chi connectivity index (χ0n) is 15.2. The Morgan fingerprint density at radius 1 is 1.14 bits per heavy atom. The van der Waals surface area contributed by atoms with Crippen LogP contribution in [0.3, 0.4) is 0 Å². The number of likely N-dealkylation sites (N-methyl/N-ethyl adjacent to an activating group) is 1. The van der Waals surface area contributed by atoms with Crippen LogP contribution in [0.25, 0.3) is 10.2 Å². The molecule has 0 fully saturated rings. The van der Waals surface area contributed by atoms with Crippen LogP contribution >= 0.6 is 34.5 Å². The normalized spacial score (nSPS) is 12.8. The van der Waals surface area contributed by atoms with Crippen LogP contribution in [0.1, 0.15) is 10.4 Å². The fourth-order valence-corrected chi connectivity index (χ4v) is 4.18. The number of thiazole rings is 1. The van der Waals surface area contributed by atoms with Crippen molar-refractivity contribution in [2.24, 2.45) is 0 Å². The fraction of sp³-hybridized carbons (Fsp3) is 0.263. The molecule has 0 N–H and O–H groups in total. The quantitative estimate of drug-likeness (QED) is 0.586. The molecule has 1 aromatic heterocycles. The second kappa shape index (κ2) is 7.75. The van der Waals surface area contributed by atoms with E-state index in [-0.39, 0.29) is 12.7 Å². The molecule has 0 saturated heterocycles. The van der Waals surface area contributed by atoms with Crippen molar-refractivity contribution in [1.82, 2.24) is 9.88 Å². The van der Waals surface area contributed by atoms with Gasteiger partial charge in [-0.3, -0.25) is 9.69 Å². The lowest BCUT2D eigenvalue weighted by molar-refractivity contribution is 0.0985. The van der Waals surface area contributed by atoms with Gasteiger partial charge in [0.2, 0.25) is 6.79 Å². The second-order valence-electron chi connectivity index (χ2n) is 6.55. The van der Waals surface area contributed by atoms with E-state index in [1.165, 1.54) is 11.3 Å². The number of amides is 1. The van der Waals surface area contributed by atoms with Crippen molar-refractivity contribution in [3.8, 4) is 11.5 Å². The lowest BCUT2D eigenvalue weighted by Crippen LogP contribution is -2.36. The number of hydrogen-bond donors (Lipinski definition) is 0. The number of rotatable bonds is 5. The van der Waals surface area contributed by atoms with Crippen LogP contribution in [-0.4, -0.2) is 49.8 Å². The third kappa shape index (κ3) is 3.75. The molecule has 0 bridgehead atoms. The molecule has 1 aliphatic rings. The molecular weight excluding hydrogens is 421 g/mol. The minimum atomic E-state index is -0.242. The molecule has 1 aliphatic heterocycles. The zero-order chi connectivity index (χ0) is 19.8. The molecule has 2 heterocycles. The first-order chi connectivity index (χ1) is 13.4. The predicted octanol–water partition coefficient (Wildman–Crippen LogP) is 4.54. The van der Waals surface area contributed by atoms with Crippen LogP contribution in [0.4, 0.5) is 5.13 Å². The van der Waals surface area contributed by atoms with Crippen molar-refractivity contribution >= 4 is 55.8 Å². The van der Waals surface area contributed by atoms with E-state index in [2.05, 4.69) is 4.98 Å². The third-order valence-electron chi connectivity index (χ3n) is 4.28. The van der Waals surface area contributed by atoms with Gasteiger partial charge in [-0.05, 0) is 32.3 Å². The molecule has 4 rings (SSSR count). The Morgan fingerprint density at radius 3 is 2.64 bits per heavy atom. The Hall–Kier alpha value is -2.06. The molecule has 146 valence electrons. The van der Waals surface area contributed by atoms with Crippen molar-refractivity contribution in [3.63, 3.8) is 0 Å². The summed E-state index contributed by atoms with van der Waals surface area (Å²) in [6.45, 7) is 1.34. The number of halogens is 2. The Balaban J connectivity index is 1.74. The molecule has 0 unspecified atom stereocenters. The van der Waals surface area contributed by atoms with Crippen molar-refractivity contribution < 1.29 is 14.3 Å². The van der Waals surface area contributed by atoms with E-state index in [9.17, 15) is 4.79 Å². The van der Waals surface area contributed by atoms with Gasteiger partial charge in [0.1, 0.15) is 0 Å². The van der Waals surface area contributed by atoms with Crippen molar-refractivity contribution in [2.45, 2.75) is 0 Å². The highest BCUT2D eigenvalue weighted by atomic mass is 35.5. The summed E-state index contributed by atoms with van der Waals surface area (Å²) in [5, 5.41) is 1.39. The van der Waals surface area contributed by atoms with Gasteiger partial charge in [0.25, 0.3) is 5.91 Å². The van der Waals surface area contributed by atoms with Gasteiger partial charge in [0.05, 0.1) is 20.8 Å². The summed E-state index contributed by atoms with van der Waals surface area (Å²) in [7, 11) is 3.90. The van der Waals surface area contributed by atoms with Crippen molar-refractivity contribution in [3.05, 3.63) is 45.9 Å². The SMILES string of the molecule is CN(C)CCN(C(=O)c1cc(Cl)ccc1Cl)c1nc2cc3c(cc2s1)OCO3. The first-order valence-electron chi connectivity index (χ1n) is 8.54. The van der Waals surface area contributed by atoms with Gasteiger partial charge in [0, 0.05) is 30.2 Å². The first kappa shape index (κ1) is 19.3. The largest absolute Gasteiger partial charge is 0.454 e. The van der Waals surface area contributed by atoms with Gasteiger partial charge in [-0.2, -0.15) is 0 Å². The van der Waals surface area contributed by atoms with Crippen LogP contribution in [0.5, 0.6) is 11.5 Å². The predicted molar refractivity (Wildman–Crippen MR) is 112 cm³/mol. The number of ether oxygens (including phenoxy) is 2. The second-order valence-corrected chi connectivity index (χ2v) is 8.41. The highest BCUT2D eigenvalue weighted by Crippen LogP contribution is 2.40. The molecular formula is C19H17Cl2N3O3S. The zero-order valence-corrected chi connectivity index (χ0v) is 17.6. The Kier molecular flexibility index (Phi) is 5.33. The molecule has 0 atom stereocenters. The lowest BCUT2D eigenvalue weighted by Gasteiger charge is -2.22. The number of aromatic nitrogens is 1. The molecule has 2 aromatic carbocycles. The number of hydrogen-bond acceptors (Lipinski definition) is 6. The van der Waals surface area contributed by atoms with Gasteiger partial charge in [-0.1, -0.05) is 34.5 Å². The molecule has 3 aromatic rings. The van der Waals surface area contributed by atoms with Gasteiger partial charge in [-0.25, -0.2) is 4.98 Å². The first-order valence-corrected chi connectivity index (χ1v) is 10.1. The maximum Gasteiger partial charge on any atom is 0.261 e. The van der Waals surface area contributed by atoms with Crippen molar-refractivity contribution in [1.29, 1.82) is 0 Å². The maximum atomic E-state index is 13.3. The van der Waals surface area contributed by atoms with E-state index >= 15 is 0 Å². The number of carbonyl (C=O) groups is 1. The number of fused-ring (bicyclic) bond motifs is 2. The summed E-state index contributed by atoms with van der Waals surface area (Å²) in [5.41, 5.74) is 1.10. The monoisotopic (exact) mass is 437 g/mol. The van der Waals surface area contributed by atoms with E-state index in [1.807, 2.05) is 31.1 Å². The van der Waals surface area contributed by atoms with Crippen LogP contribution in [-0.2, 0) is 0 Å². The third-order valence-corrected chi connectivity index (χ3v) is 5.88. The highest BCUT2D eigenvalue weighted by Gasteiger charge is 2.25. The molecule has 0 saturated carbocycles. The van der Waals surface area contributed by atoms with Crippen molar-refractivity contribution in [2.75, 3.05) is 38.9 Å². The van der Waals surface area contributed by atoms with Crippen LogP contribution < -0.4 is 14.4 Å². The minimum Gasteiger partial charge on any atom is -0.454 e. The van der Waals surface area contributed by atoms with Gasteiger partial charge in [0.15, 0.2) is 16.6 Å². The molecule has 0 spiro atoms. The number of benzene rings is 2. The van der Waals surface area contributed by atoms with E-state index in [0.29, 0.717) is 45.3 Å². The van der Waals surface area contributed by atoms with Crippen LogP contribution in [0.15, 0.2) is 30.3 Å². The Labute approximate surface area is 176 Å². The van der Waals surface area contributed by atoms with E-state index in [4.69, 9.17) is 32.7 Å². The molecule has 1 amide bonds. The topological polar surface area (TPSA) is 54.9 Å². The fourth-order valence-electron chi connectivity index (χ4n) is 2.81. The average molecular weight is 438 g/mol. The average Bonchev–Trinajstić information content (AvgIpc) is 3.27. The Morgan fingerprint density at radius 2 is 1.89 bits per heavy atom.